The summed E-state index contributed by atoms with van der Waals surface area (Å²) in [7, 11) is 1.62. The molecule has 116 valence electrons. The molecular formula is C15H17ClN2O2VY-2. The van der Waals surface area contributed by atoms with Gasteiger partial charge in [0.1, 0.15) is 5.75 Å². The van der Waals surface area contributed by atoms with Gasteiger partial charge in [0.25, 0.3) is 0 Å². The normalized spacial score (nSPS) is 9.05. The van der Waals surface area contributed by atoms with Gasteiger partial charge in [-0.05, 0) is 35.0 Å². The standard InChI is InChI=1S/C14H14ClN2O2.CH3.V.Y/c1-3-12-14(15)16-8-13(18)17(12)9-10-4-6-11(19-2)7-5-10;;;/h4-7H,3,9H2,1-2H3;1H3;;/q2*-1;;. The third kappa shape index (κ3) is 5.82. The summed E-state index contributed by atoms with van der Waals surface area (Å²) in [5, 5.41) is 0.329. The minimum atomic E-state index is -0.267. The average molecular weight is 433 g/mol. The summed E-state index contributed by atoms with van der Waals surface area (Å²) in [6.07, 6.45) is 3.03. The molecule has 0 N–H and O–H groups in total. The van der Waals surface area contributed by atoms with Crippen LogP contribution in [0.2, 0.25) is 5.15 Å². The van der Waals surface area contributed by atoms with E-state index < -0.39 is 0 Å². The van der Waals surface area contributed by atoms with Gasteiger partial charge < -0.3 is 21.7 Å². The van der Waals surface area contributed by atoms with Crippen molar-refractivity contribution in [3.63, 3.8) is 0 Å². The molecule has 2 rings (SSSR count). The van der Waals surface area contributed by atoms with Gasteiger partial charge in [-0.2, -0.15) is 11.6 Å². The van der Waals surface area contributed by atoms with Crippen LogP contribution in [-0.2, 0) is 64.2 Å². The van der Waals surface area contributed by atoms with Crippen molar-refractivity contribution in [1.82, 2.24) is 9.55 Å². The number of methoxy groups -OCH3 is 1. The average Bonchev–Trinajstić information content (AvgIpc) is 2.44. The Kier molecular flexibility index (Phi) is 12.5. The first-order valence-corrected chi connectivity index (χ1v) is 6.33. The summed E-state index contributed by atoms with van der Waals surface area (Å²) in [5.41, 5.74) is 1.45. The Bertz CT molecular complexity index is 632. The minimum Gasteiger partial charge on any atom is -0.497 e. The number of hydrogen-bond acceptors (Lipinski definition) is 3. The number of ether oxygens (including phenoxy) is 1. The monoisotopic (exact) mass is 432 g/mol. The van der Waals surface area contributed by atoms with E-state index in [1.54, 1.807) is 11.7 Å². The molecule has 0 saturated carbocycles. The largest absolute Gasteiger partial charge is 0.497 e. The van der Waals surface area contributed by atoms with E-state index in [1.165, 1.54) is 0 Å². The van der Waals surface area contributed by atoms with Crippen LogP contribution in [0, 0.1) is 13.6 Å². The maximum Gasteiger partial charge on any atom is 0.177 e. The van der Waals surface area contributed by atoms with Gasteiger partial charge >= 0.3 is 0 Å². The first-order valence-electron chi connectivity index (χ1n) is 5.95. The Hall–Kier alpha value is -0.122. The molecule has 1 aromatic carbocycles. The van der Waals surface area contributed by atoms with Crippen LogP contribution in [-0.4, -0.2) is 16.7 Å². The molecule has 0 aliphatic heterocycles. The summed E-state index contributed by atoms with van der Waals surface area (Å²) in [6.45, 7) is 2.39. The third-order valence-corrected chi connectivity index (χ3v) is 3.20. The van der Waals surface area contributed by atoms with Crippen LogP contribution < -0.4 is 10.3 Å². The predicted molar refractivity (Wildman–Crippen MR) is 80.2 cm³/mol. The molecule has 1 heterocycles. The first kappa shape index (κ1) is 24.1. The summed E-state index contributed by atoms with van der Waals surface area (Å²) in [4.78, 5) is 15.6. The molecule has 0 atom stereocenters. The molecule has 0 amide bonds. The van der Waals surface area contributed by atoms with Crippen LogP contribution in [0.4, 0.5) is 0 Å². The molecule has 0 unspecified atom stereocenters. The molecule has 0 aliphatic carbocycles. The molecule has 0 saturated heterocycles. The zero-order valence-corrected chi connectivity index (χ0v) is 17.8. The van der Waals surface area contributed by atoms with Crippen molar-refractivity contribution < 1.29 is 56.0 Å². The van der Waals surface area contributed by atoms with Gasteiger partial charge in [0.05, 0.1) is 7.11 Å². The quantitative estimate of drug-likeness (QED) is 0.698. The van der Waals surface area contributed by atoms with Gasteiger partial charge in [0.2, 0.25) is 0 Å². The van der Waals surface area contributed by atoms with Crippen LogP contribution in [0.5, 0.6) is 5.75 Å². The Morgan fingerprint density at radius 3 is 2.41 bits per heavy atom. The van der Waals surface area contributed by atoms with E-state index in [9.17, 15) is 4.79 Å². The van der Waals surface area contributed by atoms with Crippen molar-refractivity contribution in [3.05, 3.63) is 64.7 Å². The van der Waals surface area contributed by atoms with E-state index in [2.05, 4.69) is 11.2 Å². The Morgan fingerprint density at radius 1 is 1.32 bits per heavy atom. The summed E-state index contributed by atoms with van der Waals surface area (Å²) >= 11 is 5.99. The molecule has 0 bridgehead atoms. The van der Waals surface area contributed by atoms with E-state index in [0.29, 0.717) is 18.1 Å². The number of halogens is 1. The van der Waals surface area contributed by atoms with Gasteiger partial charge in [-0.25, -0.2) is 0 Å². The first-order chi connectivity index (χ1) is 9.15. The fourth-order valence-electron chi connectivity index (χ4n) is 1.87. The van der Waals surface area contributed by atoms with Crippen LogP contribution in [0.3, 0.4) is 0 Å². The van der Waals surface area contributed by atoms with E-state index in [4.69, 9.17) is 16.3 Å². The number of nitrogens with zero attached hydrogens (tertiary/aromatic N) is 2. The van der Waals surface area contributed by atoms with Crippen molar-refractivity contribution in [3.8, 4) is 5.75 Å². The second kappa shape index (κ2) is 11.4. The van der Waals surface area contributed by atoms with Crippen molar-refractivity contribution in [1.29, 1.82) is 0 Å². The molecule has 1 aromatic heterocycles. The van der Waals surface area contributed by atoms with E-state index >= 15 is 0 Å². The fourth-order valence-corrected chi connectivity index (χ4v) is 2.15. The number of rotatable bonds is 4. The molecule has 22 heavy (non-hydrogen) atoms. The molecule has 0 fully saturated rings. The van der Waals surface area contributed by atoms with Crippen LogP contribution in [0.1, 0.15) is 18.2 Å². The predicted octanol–water partition coefficient (Wildman–Crippen LogP) is 2.76. The molecular weight excluding hydrogens is 415 g/mol. The molecule has 7 heteroatoms. The van der Waals surface area contributed by atoms with Crippen molar-refractivity contribution in [2.45, 2.75) is 19.9 Å². The topological polar surface area (TPSA) is 44.1 Å². The van der Waals surface area contributed by atoms with E-state index in [-0.39, 0.29) is 64.3 Å². The second-order valence-corrected chi connectivity index (χ2v) is 4.41. The molecule has 2 aromatic rings. The maximum absolute atomic E-state index is 11.8. The van der Waals surface area contributed by atoms with E-state index in [0.717, 1.165) is 17.0 Å². The second-order valence-electron chi connectivity index (χ2n) is 4.05. The maximum atomic E-state index is 11.8. The SMILES string of the molecule is CCc1c(Cl)n[c-]c(=O)n1Cc1ccc(OC)cc1.[CH3-].[V].[Y]. The Labute approximate surface area is 173 Å². The molecule has 2 radical (unpaired) electrons. The van der Waals surface area contributed by atoms with Gasteiger partial charge in [0, 0.05) is 57.8 Å². The number of benzene rings is 1. The Morgan fingerprint density at radius 2 is 1.91 bits per heavy atom. The van der Waals surface area contributed by atoms with Crippen molar-refractivity contribution >= 4 is 11.6 Å². The number of aromatic nitrogens is 2. The molecule has 4 nitrogen and oxygen atoms in total. The smallest absolute Gasteiger partial charge is 0.177 e. The zero-order valence-electron chi connectivity index (χ0n) is 12.8. The number of hydrogen-bond donors (Lipinski definition) is 0. The summed E-state index contributed by atoms with van der Waals surface area (Å²) in [5.74, 6) is 0.783. The van der Waals surface area contributed by atoms with Crippen LogP contribution >= 0.6 is 11.6 Å². The zero-order chi connectivity index (χ0) is 13.8. The third-order valence-electron chi connectivity index (χ3n) is 2.89. The van der Waals surface area contributed by atoms with Crippen LogP contribution in [0.25, 0.3) is 0 Å². The van der Waals surface area contributed by atoms with Crippen molar-refractivity contribution in [2.24, 2.45) is 0 Å². The van der Waals surface area contributed by atoms with Crippen LogP contribution in [0.15, 0.2) is 29.1 Å². The van der Waals surface area contributed by atoms with Gasteiger partial charge in [-0.3, -0.25) is 4.79 Å². The molecule has 0 aliphatic rings. The van der Waals surface area contributed by atoms with E-state index in [1.807, 2.05) is 31.2 Å². The van der Waals surface area contributed by atoms with Gasteiger partial charge in [-0.1, -0.05) is 25.3 Å². The van der Waals surface area contributed by atoms with Crippen molar-refractivity contribution in [2.75, 3.05) is 7.11 Å². The van der Waals surface area contributed by atoms with Gasteiger partial charge in [0.15, 0.2) is 5.56 Å². The van der Waals surface area contributed by atoms with Gasteiger partial charge in [-0.15, -0.1) is 0 Å². The molecule has 0 spiro atoms. The summed E-state index contributed by atoms with van der Waals surface area (Å²) in [6, 6.07) is 7.55. The fraction of sp³-hybridized carbons (Fsp3) is 0.267. The summed E-state index contributed by atoms with van der Waals surface area (Å²) < 4.78 is 6.70. The minimum absolute atomic E-state index is 0. The Balaban J connectivity index is 0.